The Kier molecular flexibility index (Phi) is 6.39. The lowest BCUT2D eigenvalue weighted by Crippen LogP contribution is -2.50. The molecule has 1 saturated heterocycles. The number of nitrogens with zero attached hydrogens (tertiary/aromatic N) is 4. The highest BCUT2D eigenvalue weighted by atomic mass is 32.2. The van der Waals surface area contributed by atoms with Gasteiger partial charge in [-0.15, -0.1) is 0 Å². The lowest BCUT2D eigenvalue weighted by atomic mass is 10.2. The highest BCUT2D eigenvalue weighted by Gasteiger charge is 2.31. The van der Waals surface area contributed by atoms with Gasteiger partial charge in [0.05, 0.1) is 30.0 Å². The van der Waals surface area contributed by atoms with Crippen LogP contribution in [-0.2, 0) is 16.6 Å². The number of rotatable bonds is 6. The van der Waals surface area contributed by atoms with Crippen LogP contribution in [0.1, 0.15) is 6.92 Å². The van der Waals surface area contributed by atoms with Crippen LogP contribution in [0.3, 0.4) is 0 Å². The van der Waals surface area contributed by atoms with E-state index < -0.39 is 10.0 Å². The molecular formula is C24H28N4O7S. The Morgan fingerprint density at radius 1 is 0.944 bits per heavy atom. The van der Waals surface area contributed by atoms with Crippen molar-refractivity contribution < 1.29 is 27.4 Å². The van der Waals surface area contributed by atoms with Crippen molar-refractivity contribution >= 4 is 26.9 Å². The molecule has 2 aromatic carbocycles. The lowest BCUT2D eigenvalue weighted by molar-refractivity contribution is 0.172. The lowest BCUT2D eigenvalue weighted by Gasteiger charge is -2.35. The molecule has 36 heavy (non-hydrogen) atoms. The molecule has 0 unspecified atom stereocenters. The van der Waals surface area contributed by atoms with Crippen LogP contribution in [0.2, 0.25) is 0 Å². The molecule has 3 heterocycles. The number of hydrogen-bond donors (Lipinski definition) is 0. The number of methoxy groups -OCH3 is 2. The minimum atomic E-state index is -3.74. The number of piperazine rings is 1. The van der Waals surface area contributed by atoms with Gasteiger partial charge in [-0.3, -0.25) is 9.36 Å². The predicted octanol–water partition coefficient (Wildman–Crippen LogP) is 1.72. The van der Waals surface area contributed by atoms with Gasteiger partial charge in [0.25, 0.3) is 5.56 Å². The monoisotopic (exact) mass is 516 g/mol. The van der Waals surface area contributed by atoms with E-state index in [-0.39, 0.29) is 23.5 Å². The van der Waals surface area contributed by atoms with Gasteiger partial charge < -0.3 is 23.8 Å². The van der Waals surface area contributed by atoms with E-state index in [0.29, 0.717) is 72.7 Å². The molecule has 0 saturated carbocycles. The summed E-state index contributed by atoms with van der Waals surface area (Å²) in [4.78, 5) is 20.2. The molecule has 0 atom stereocenters. The third-order valence-electron chi connectivity index (χ3n) is 6.43. The van der Waals surface area contributed by atoms with Crippen LogP contribution in [0.5, 0.6) is 23.0 Å². The molecule has 1 aromatic heterocycles. The Bertz CT molecular complexity index is 1460. The molecule has 12 heteroatoms. The molecule has 0 amide bonds. The van der Waals surface area contributed by atoms with E-state index in [9.17, 15) is 13.2 Å². The zero-order valence-electron chi connectivity index (χ0n) is 20.4. The van der Waals surface area contributed by atoms with Gasteiger partial charge >= 0.3 is 0 Å². The van der Waals surface area contributed by atoms with Crippen LogP contribution in [0.15, 0.2) is 40.0 Å². The predicted molar refractivity (Wildman–Crippen MR) is 133 cm³/mol. The maximum atomic E-state index is 13.3. The number of ether oxygens (including phenoxy) is 4. The van der Waals surface area contributed by atoms with Crippen molar-refractivity contribution in [3.63, 3.8) is 0 Å². The first-order chi connectivity index (χ1) is 17.4. The number of hydrogen-bond acceptors (Lipinski definition) is 9. The zero-order chi connectivity index (χ0) is 25.4. The van der Waals surface area contributed by atoms with E-state index in [1.54, 1.807) is 22.8 Å². The highest BCUT2D eigenvalue weighted by Crippen LogP contribution is 2.34. The van der Waals surface area contributed by atoms with Gasteiger partial charge in [-0.2, -0.15) is 4.31 Å². The maximum absolute atomic E-state index is 13.3. The molecule has 1 fully saturated rings. The minimum absolute atomic E-state index is 0.134. The highest BCUT2D eigenvalue weighted by molar-refractivity contribution is 7.89. The van der Waals surface area contributed by atoms with Gasteiger partial charge in [0.1, 0.15) is 13.2 Å². The standard InChI is InChI=1S/C24H28N4O7S/c1-4-28-23(29)17-14-21-22(35-12-11-34-21)15-18(17)25-24(28)26-7-9-27(10-8-26)36(30,31)16-5-6-19(32-2)20(13-16)33-3/h5-6,13-15H,4,7-12H2,1-3H3. The molecule has 2 aliphatic heterocycles. The summed E-state index contributed by atoms with van der Waals surface area (Å²) in [5, 5.41) is 0.458. The normalized spacial score (nSPS) is 16.2. The van der Waals surface area contributed by atoms with E-state index in [4.69, 9.17) is 23.9 Å². The average Bonchev–Trinajstić information content (AvgIpc) is 2.91. The zero-order valence-corrected chi connectivity index (χ0v) is 21.2. The first kappa shape index (κ1) is 24.2. The summed E-state index contributed by atoms with van der Waals surface area (Å²) in [6, 6.07) is 7.96. The Morgan fingerprint density at radius 3 is 2.25 bits per heavy atom. The van der Waals surface area contributed by atoms with Crippen LogP contribution in [-0.4, -0.2) is 75.9 Å². The molecule has 0 bridgehead atoms. The minimum Gasteiger partial charge on any atom is -0.493 e. The summed E-state index contributed by atoms with van der Waals surface area (Å²) < 4.78 is 51.4. The Balaban J connectivity index is 1.42. The van der Waals surface area contributed by atoms with E-state index in [1.807, 2.05) is 11.8 Å². The molecule has 0 spiro atoms. The van der Waals surface area contributed by atoms with E-state index in [0.717, 1.165) is 0 Å². The SMILES string of the molecule is CCn1c(N2CCN(S(=O)(=O)c3ccc(OC)c(OC)c3)CC2)nc2cc3c(cc2c1=O)OCCO3. The van der Waals surface area contributed by atoms with Crippen molar-refractivity contribution in [1.82, 2.24) is 13.9 Å². The van der Waals surface area contributed by atoms with E-state index >= 15 is 0 Å². The van der Waals surface area contributed by atoms with Crippen molar-refractivity contribution in [3.8, 4) is 23.0 Å². The Hall–Kier alpha value is -3.51. The molecule has 0 radical (unpaired) electrons. The second-order valence-corrected chi connectivity index (χ2v) is 10.3. The number of fused-ring (bicyclic) bond motifs is 2. The van der Waals surface area contributed by atoms with Crippen molar-refractivity contribution in [2.45, 2.75) is 18.4 Å². The van der Waals surface area contributed by atoms with Crippen molar-refractivity contribution in [3.05, 3.63) is 40.7 Å². The average molecular weight is 517 g/mol. The molecular weight excluding hydrogens is 488 g/mol. The van der Waals surface area contributed by atoms with E-state index in [1.165, 1.54) is 30.7 Å². The van der Waals surface area contributed by atoms with Gasteiger partial charge in [0, 0.05) is 44.9 Å². The van der Waals surface area contributed by atoms with Gasteiger partial charge in [-0.25, -0.2) is 13.4 Å². The van der Waals surface area contributed by atoms with Gasteiger partial charge in [-0.1, -0.05) is 0 Å². The number of aromatic nitrogens is 2. The van der Waals surface area contributed by atoms with E-state index in [2.05, 4.69) is 0 Å². The van der Waals surface area contributed by atoms with Crippen molar-refractivity contribution in [2.24, 2.45) is 0 Å². The van der Waals surface area contributed by atoms with Crippen LogP contribution in [0, 0.1) is 0 Å². The smallest absolute Gasteiger partial charge is 0.262 e. The number of sulfonamides is 1. The van der Waals surface area contributed by atoms with Crippen LogP contribution in [0.4, 0.5) is 5.95 Å². The maximum Gasteiger partial charge on any atom is 0.262 e. The fraction of sp³-hybridized carbons (Fsp3) is 0.417. The summed E-state index contributed by atoms with van der Waals surface area (Å²) >= 11 is 0. The molecule has 192 valence electrons. The third kappa shape index (κ3) is 4.09. The summed E-state index contributed by atoms with van der Waals surface area (Å²) in [6.45, 7) is 4.44. The third-order valence-corrected chi connectivity index (χ3v) is 8.32. The summed E-state index contributed by atoms with van der Waals surface area (Å²) in [5.74, 6) is 2.42. The van der Waals surface area contributed by atoms with Gasteiger partial charge in [0.2, 0.25) is 16.0 Å². The van der Waals surface area contributed by atoms with Crippen molar-refractivity contribution in [1.29, 1.82) is 0 Å². The van der Waals surface area contributed by atoms with Crippen LogP contribution >= 0.6 is 0 Å². The first-order valence-electron chi connectivity index (χ1n) is 11.7. The molecule has 0 aliphatic carbocycles. The largest absolute Gasteiger partial charge is 0.493 e. The summed E-state index contributed by atoms with van der Waals surface area (Å²) in [5.41, 5.74) is 0.346. The van der Waals surface area contributed by atoms with Crippen LogP contribution in [0.25, 0.3) is 10.9 Å². The number of benzene rings is 2. The second-order valence-electron chi connectivity index (χ2n) is 8.38. The molecule has 3 aromatic rings. The van der Waals surface area contributed by atoms with Crippen molar-refractivity contribution in [2.75, 3.05) is 58.5 Å². The fourth-order valence-corrected chi connectivity index (χ4v) is 5.97. The Morgan fingerprint density at radius 2 is 1.61 bits per heavy atom. The number of anilines is 1. The topological polar surface area (TPSA) is 112 Å². The van der Waals surface area contributed by atoms with Gasteiger partial charge in [0.15, 0.2) is 23.0 Å². The molecule has 2 aliphatic rings. The molecule has 5 rings (SSSR count). The molecule has 11 nitrogen and oxygen atoms in total. The summed E-state index contributed by atoms with van der Waals surface area (Å²) in [7, 11) is -0.781. The quantitative estimate of drug-likeness (QED) is 0.483. The first-order valence-corrected chi connectivity index (χ1v) is 13.1. The second kappa shape index (κ2) is 9.51. The van der Waals surface area contributed by atoms with Gasteiger partial charge in [-0.05, 0) is 25.1 Å². The fourth-order valence-electron chi connectivity index (χ4n) is 4.53. The molecule has 0 N–H and O–H groups in total. The van der Waals surface area contributed by atoms with Crippen LogP contribution < -0.4 is 29.4 Å². The summed E-state index contributed by atoms with van der Waals surface area (Å²) in [6.07, 6.45) is 0. The Labute approximate surface area is 208 Å².